The molecule has 0 aliphatic heterocycles. The van der Waals surface area contributed by atoms with Crippen molar-refractivity contribution in [2.75, 3.05) is 0 Å². The second-order valence-corrected chi connectivity index (χ2v) is 4.24. The van der Waals surface area contributed by atoms with E-state index in [0.717, 1.165) is 30.1 Å². The Bertz CT molecular complexity index is 515. The van der Waals surface area contributed by atoms with Crippen LogP contribution >= 0.6 is 0 Å². The number of aryl methyl sites for hydroxylation is 2. The summed E-state index contributed by atoms with van der Waals surface area (Å²) in [5.74, 6) is 1.66. The summed E-state index contributed by atoms with van der Waals surface area (Å²) in [4.78, 5) is 8.84. The third-order valence-corrected chi connectivity index (χ3v) is 3.07. The monoisotopic (exact) mass is 214 g/mol. The van der Waals surface area contributed by atoms with Gasteiger partial charge in [-0.3, -0.25) is 10.1 Å². The highest BCUT2D eigenvalue weighted by molar-refractivity contribution is 5.61. The predicted octanol–water partition coefficient (Wildman–Crippen LogP) is 2.05. The smallest absolute Gasteiger partial charge is 0.181 e. The zero-order valence-electron chi connectivity index (χ0n) is 9.32. The summed E-state index contributed by atoms with van der Waals surface area (Å²) in [7, 11) is 0. The maximum Gasteiger partial charge on any atom is 0.181 e. The lowest BCUT2D eigenvalue weighted by molar-refractivity contribution is 0.668. The number of aromatic nitrogens is 4. The highest BCUT2D eigenvalue weighted by Gasteiger charge is 2.17. The molecule has 2 aromatic heterocycles. The van der Waals surface area contributed by atoms with Gasteiger partial charge in [0.1, 0.15) is 5.82 Å². The van der Waals surface area contributed by atoms with E-state index in [2.05, 4.69) is 20.2 Å². The van der Waals surface area contributed by atoms with Crippen LogP contribution < -0.4 is 0 Å². The minimum atomic E-state index is 0.804. The lowest BCUT2D eigenvalue weighted by Crippen LogP contribution is -2.07. The number of hydrogen-bond donors (Lipinski definition) is 1. The summed E-state index contributed by atoms with van der Waals surface area (Å²) < 4.78 is 0. The first-order valence-electron chi connectivity index (χ1n) is 5.71. The minimum Gasteiger partial charge on any atom is -0.263 e. The van der Waals surface area contributed by atoms with Crippen LogP contribution in [-0.4, -0.2) is 20.2 Å². The minimum absolute atomic E-state index is 0.804. The molecule has 0 atom stereocenters. The number of pyridine rings is 1. The van der Waals surface area contributed by atoms with Gasteiger partial charge in [0, 0.05) is 17.5 Å². The molecule has 1 aliphatic rings. The van der Waals surface area contributed by atoms with Crippen LogP contribution in [0.2, 0.25) is 0 Å². The molecule has 1 aliphatic carbocycles. The Morgan fingerprint density at radius 3 is 2.94 bits per heavy atom. The molecule has 0 aromatic carbocycles. The van der Waals surface area contributed by atoms with Gasteiger partial charge >= 0.3 is 0 Å². The number of nitrogens with one attached hydrogen (secondary N) is 1. The molecule has 0 saturated carbocycles. The molecule has 3 rings (SSSR count). The van der Waals surface area contributed by atoms with E-state index < -0.39 is 0 Å². The van der Waals surface area contributed by atoms with Gasteiger partial charge in [-0.1, -0.05) is 0 Å². The van der Waals surface area contributed by atoms with Crippen molar-refractivity contribution in [3.8, 4) is 11.4 Å². The maximum absolute atomic E-state index is 4.45. The van der Waals surface area contributed by atoms with Crippen molar-refractivity contribution in [2.45, 2.75) is 32.6 Å². The van der Waals surface area contributed by atoms with Crippen LogP contribution in [0.5, 0.6) is 0 Å². The van der Waals surface area contributed by atoms with Gasteiger partial charge in [0.2, 0.25) is 0 Å². The van der Waals surface area contributed by atoms with Crippen molar-refractivity contribution in [1.82, 2.24) is 20.2 Å². The molecular weight excluding hydrogens is 200 g/mol. The Morgan fingerprint density at radius 1 is 1.25 bits per heavy atom. The van der Waals surface area contributed by atoms with Crippen molar-refractivity contribution >= 4 is 0 Å². The largest absolute Gasteiger partial charge is 0.263 e. The number of H-pyrrole nitrogens is 1. The standard InChI is InChI=1S/C12H14N4/c1-8-14-12(16-15-8)10-6-7-13-11-5-3-2-4-9(10)11/h6-7H,2-5H2,1H3,(H,14,15,16). The summed E-state index contributed by atoms with van der Waals surface area (Å²) in [6.45, 7) is 1.92. The Balaban J connectivity index is 2.13. The van der Waals surface area contributed by atoms with E-state index in [1.807, 2.05) is 19.2 Å². The molecule has 2 aromatic rings. The molecule has 0 amide bonds. The molecule has 0 fully saturated rings. The Hall–Kier alpha value is -1.71. The second kappa shape index (κ2) is 3.70. The van der Waals surface area contributed by atoms with Gasteiger partial charge in [0.15, 0.2) is 5.82 Å². The zero-order valence-corrected chi connectivity index (χ0v) is 9.32. The molecule has 4 nitrogen and oxygen atoms in total. The molecule has 0 radical (unpaired) electrons. The Morgan fingerprint density at radius 2 is 2.12 bits per heavy atom. The first-order valence-corrected chi connectivity index (χ1v) is 5.71. The van der Waals surface area contributed by atoms with Gasteiger partial charge in [-0.05, 0) is 44.2 Å². The van der Waals surface area contributed by atoms with Crippen molar-refractivity contribution < 1.29 is 0 Å². The molecule has 0 saturated heterocycles. The highest BCUT2D eigenvalue weighted by Crippen LogP contribution is 2.28. The lowest BCUT2D eigenvalue weighted by atomic mass is 9.92. The van der Waals surface area contributed by atoms with Crippen LogP contribution in [0.15, 0.2) is 12.3 Å². The highest BCUT2D eigenvalue weighted by atomic mass is 15.2. The van der Waals surface area contributed by atoms with Gasteiger partial charge in [-0.15, -0.1) is 0 Å². The fourth-order valence-electron chi connectivity index (χ4n) is 2.30. The van der Waals surface area contributed by atoms with Crippen LogP contribution in [0, 0.1) is 6.92 Å². The molecule has 16 heavy (non-hydrogen) atoms. The summed E-state index contributed by atoms with van der Waals surface area (Å²) in [5, 5.41) is 7.12. The normalized spacial score (nSPS) is 14.8. The van der Waals surface area contributed by atoms with Gasteiger partial charge in [-0.25, -0.2) is 4.98 Å². The number of hydrogen-bond acceptors (Lipinski definition) is 3. The van der Waals surface area contributed by atoms with E-state index >= 15 is 0 Å². The number of aromatic amines is 1. The lowest BCUT2D eigenvalue weighted by Gasteiger charge is -2.16. The quantitative estimate of drug-likeness (QED) is 0.790. The Labute approximate surface area is 94.1 Å². The predicted molar refractivity (Wildman–Crippen MR) is 61.0 cm³/mol. The van der Waals surface area contributed by atoms with E-state index in [9.17, 15) is 0 Å². The fourth-order valence-corrected chi connectivity index (χ4v) is 2.30. The fraction of sp³-hybridized carbons (Fsp3) is 0.417. The van der Waals surface area contributed by atoms with Gasteiger partial charge in [0.25, 0.3) is 0 Å². The molecule has 1 N–H and O–H groups in total. The van der Waals surface area contributed by atoms with Crippen molar-refractivity contribution in [1.29, 1.82) is 0 Å². The molecule has 0 bridgehead atoms. The van der Waals surface area contributed by atoms with E-state index in [-0.39, 0.29) is 0 Å². The number of fused-ring (bicyclic) bond motifs is 1. The van der Waals surface area contributed by atoms with Gasteiger partial charge in [-0.2, -0.15) is 5.10 Å². The van der Waals surface area contributed by atoms with Crippen molar-refractivity contribution in [3.63, 3.8) is 0 Å². The molecule has 0 spiro atoms. The summed E-state index contributed by atoms with van der Waals surface area (Å²) >= 11 is 0. The van der Waals surface area contributed by atoms with Gasteiger partial charge < -0.3 is 0 Å². The average Bonchev–Trinajstić information content (AvgIpc) is 2.75. The van der Waals surface area contributed by atoms with E-state index in [4.69, 9.17) is 0 Å². The maximum atomic E-state index is 4.45. The third kappa shape index (κ3) is 1.50. The molecule has 2 heterocycles. The average molecular weight is 214 g/mol. The summed E-state index contributed by atoms with van der Waals surface area (Å²) in [6, 6.07) is 2.02. The molecular formula is C12H14N4. The molecule has 0 unspecified atom stereocenters. The molecule has 4 heteroatoms. The third-order valence-electron chi connectivity index (χ3n) is 3.07. The first-order chi connectivity index (χ1) is 7.84. The number of nitrogens with zero attached hydrogens (tertiary/aromatic N) is 3. The van der Waals surface area contributed by atoms with Crippen molar-refractivity contribution in [2.24, 2.45) is 0 Å². The summed E-state index contributed by atoms with van der Waals surface area (Å²) in [6.07, 6.45) is 6.55. The molecule has 82 valence electrons. The van der Waals surface area contributed by atoms with Crippen LogP contribution in [-0.2, 0) is 12.8 Å². The van der Waals surface area contributed by atoms with Crippen LogP contribution in [0.1, 0.15) is 29.9 Å². The topological polar surface area (TPSA) is 54.5 Å². The Kier molecular flexibility index (Phi) is 2.20. The van der Waals surface area contributed by atoms with Crippen LogP contribution in [0.25, 0.3) is 11.4 Å². The zero-order chi connectivity index (χ0) is 11.0. The first kappa shape index (κ1) is 9.51. The summed E-state index contributed by atoms with van der Waals surface area (Å²) in [5.41, 5.74) is 3.72. The van der Waals surface area contributed by atoms with Crippen molar-refractivity contribution in [3.05, 3.63) is 29.3 Å². The van der Waals surface area contributed by atoms with Gasteiger partial charge in [0.05, 0.1) is 0 Å². The number of rotatable bonds is 1. The van der Waals surface area contributed by atoms with E-state index in [1.165, 1.54) is 24.1 Å². The second-order valence-electron chi connectivity index (χ2n) is 4.24. The van der Waals surface area contributed by atoms with E-state index in [0.29, 0.717) is 0 Å². The van der Waals surface area contributed by atoms with E-state index in [1.54, 1.807) is 0 Å². The van der Waals surface area contributed by atoms with Crippen LogP contribution in [0.3, 0.4) is 0 Å². The van der Waals surface area contributed by atoms with Crippen LogP contribution in [0.4, 0.5) is 0 Å². The SMILES string of the molecule is Cc1nc(-c2ccnc3c2CCCC3)n[nH]1.